The minimum Gasteiger partial charge on any atom is -0.550 e. The lowest BCUT2D eigenvalue weighted by Crippen LogP contribution is -2.95. The molecule has 0 atom stereocenters. The lowest BCUT2D eigenvalue weighted by molar-refractivity contribution is -0.725. The Balaban J connectivity index is 0.000000241. The van der Waals surface area contributed by atoms with Crippen LogP contribution in [-0.2, 0) is 9.59 Å². The molecule has 6 heteroatoms. The van der Waals surface area contributed by atoms with Gasteiger partial charge in [0.05, 0.1) is 12.1 Å². The van der Waals surface area contributed by atoms with E-state index in [4.69, 9.17) is 5.11 Å². The summed E-state index contributed by atoms with van der Waals surface area (Å²) in [4.78, 5) is 20.1. The zero-order valence-corrected chi connectivity index (χ0v) is 14.1. The first kappa shape index (κ1) is 19.9. The average molecular weight is 328 g/mol. The first-order chi connectivity index (χ1) is 11.1. The van der Waals surface area contributed by atoms with Crippen LogP contribution in [0.3, 0.4) is 0 Å². The summed E-state index contributed by atoms with van der Waals surface area (Å²) in [7, 11) is 0. The highest BCUT2D eigenvalue weighted by Crippen LogP contribution is 2.18. The van der Waals surface area contributed by atoms with Gasteiger partial charge in [-0.15, -0.1) is 0 Å². The van der Waals surface area contributed by atoms with Crippen molar-refractivity contribution in [2.45, 2.75) is 89.1 Å². The van der Waals surface area contributed by atoms with Crippen molar-refractivity contribution in [2.75, 3.05) is 6.73 Å². The first-order valence-corrected chi connectivity index (χ1v) is 9.04. The van der Waals surface area contributed by atoms with Gasteiger partial charge in [-0.1, -0.05) is 12.8 Å². The lowest BCUT2D eigenvalue weighted by atomic mass is 9.91. The van der Waals surface area contributed by atoms with Gasteiger partial charge >= 0.3 is 0 Å². The van der Waals surface area contributed by atoms with Gasteiger partial charge in [0.15, 0.2) is 0 Å². The maximum atomic E-state index is 10.4. The van der Waals surface area contributed by atoms with Crippen molar-refractivity contribution in [3.8, 4) is 0 Å². The van der Waals surface area contributed by atoms with E-state index in [1.54, 1.807) is 0 Å². The number of amides is 1. The van der Waals surface area contributed by atoms with Gasteiger partial charge in [-0.2, -0.15) is 0 Å². The molecule has 0 aromatic heterocycles. The van der Waals surface area contributed by atoms with Crippen molar-refractivity contribution in [1.29, 1.82) is 0 Å². The fourth-order valence-corrected chi connectivity index (χ4v) is 3.43. The Bertz CT molecular complexity index is 321. The third kappa shape index (κ3) is 10.3. The maximum absolute atomic E-state index is 10.4. The number of nitrogens with two attached hydrogens (primary N) is 1. The molecule has 0 saturated heterocycles. The van der Waals surface area contributed by atoms with E-state index in [0.29, 0.717) is 0 Å². The van der Waals surface area contributed by atoms with Crippen LogP contribution in [0.2, 0.25) is 0 Å². The van der Waals surface area contributed by atoms with E-state index in [9.17, 15) is 14.7 Å². The normalized spacial score (nSPS) is 19.5. The second-order valence-corrected chi connectivity index (χ2v) is 6.62. The second kappa shape index (κ2) is 12.3. The van der Waals surface area contributed by atoms with Gasteiger partial charge in [-0.3, -0.25) is 4.79 Å². The number of carboxylic acids is 1. The van der Waals surface area contributed by atoms with Crippen LogP contribution in [0.4, 0.5) is 0 Å². The van der Waals surface area contributed by atoms with Crippen LogP contribution in [-0.4, -0.2) is 35.8 Å². The Morgan fingerprint density at radius 2 is 1.39 bits per heavy atom. The third-order valence-corrected chi connectivity index (χ3v) is 4.68. The Labute approximate surface area is 139 Å². The van der Waals surface area contributed by atoms with Crippen LogP contribution >= 0.6 is 0 Å². The van der Waals surface area contributed by atoms with Crippen LogP contribution in [0.5, 0.6) is 0 Å². The second-order valence-electron chi connectivity index (χ2n) is 6.62. The number of carbonyl (C=O) groups is 2. The van der Waals surface area contributed by atoms with Gasteiger partial charge in [-0.05, 0) is 57.8 Å². The summed E-state index contributed by atoms with van der Waals surface area (Å²) < 4.78 is 0. The maximum Gasteiger partial charge on any atom is 0.222 e. The molecule has 134 valence electrons. The van der Waals surface area contributed by atoms with Crippen molar-refractivity contribution in [2.24, 2.45) is 0 Å². The Kier molecular flexibility index (Phi) is 10.6. The number of aliphatic hydroxyl groups excluding tert-OH is 1. The molecule has 4 N–H and O–H groups in total. The van der Waals surface area contributed by atoms with E-state index in [-0.39, 0.29) is 12.8 Å². The SMILES string of the molecule is C1CCC([NH2+]C2CCCCC2)CC1.O=C([O-])CCC(=O)NCO. The number of quaternary nitrogens is 1. The smallest absolute Gasteiger partial charge is 0.222 e. The van der Waals surface area contributed by atoms with Crippen molar-refractivity contribution < 1.29 is 25.1 Å². The number of rotatable bonds is 6. The number of aliphatic carboxylic acids is 1. The van der Waals surface area contributed by atoms with Gasteiger partial charge in [0, 0.05) is 12.4 Å². The molecule has 0 aromatic rings. The summed E-state index contributed by atoms with van der Waals surface area (Å²) in [5, 5.41) is 22.6. The molecule has 0 spiro atoms. The number of carbonyl (C=O) groups excluding carboxylic acids is 2. The van der Waals surface area contributed by atoms with Gasteiger partial charge in [-0.25, -0.2) is 0 Å². The third-order valence-electron chi connectivity index (χ3n) is 4.68. The fourth-order valence-electron chi connectivity index (χ4n) is 3.43. The molecule has 2 rings (SSSR count). The number of hydrogen-bond donors (Lipinski definition) is 3. The van der Waals surface area contributed by atoms with Crippen LogP contribution in [0.15, 0.2) is 0 Å². The molecule has 0 unspecified atom stereocenters. The highest BCUT2D eigenvalue weighted by molar-refractivity contribution is 5.79. The van der Waals surface area contributed by atoms with Crippen molar-refractivity contribution in [3.05, 3.63) is 0 Å². The molecule has 1 amide bonds. The number of aliphatic hydroxyl groups is 1. The molecule has 2 aliphatic rings. The zero-order chi connectivity index (χ0) is 16.9. The molecule has 2 saturated carbocycles. The minimum atomic E-state index is -1.27. The molecule has 6 nitrogen and oxygen atoms in total. The lowest BCUT2D eigenvalue weighted by Gasteiger charge is -2.27. The number of hydrogen-bond acceptors (Lipinski definition) is 4. The highest BCUT2D eigenvalue weighted by Gasteiger charge is 2.22. The van der Waals surface area contributed by atoms with Crippen molar-refractivity contribution >= 4 is 11.9 Å². The average Bonchev–Trinajstić information content (AvgIpc) is 2.56. The first-order valence-electron chi connectivity index (χ1n) is 9.04. The monoisotopic (exact) mass is 328 g/mol. The van der Waals surface area contributed by atoms with Gasteiger partial charge in [0.25, 0.3) is 0 Å². The summed E-state index contributed by atoms with van der Waals surface area (Å²) in [6.07, 6.45) is 14.5. The summed E-state index contributed by atoms with van der Waals surface area (Å²) in [6, 6.07) is 1.99. The van der Waals surface area contributed by atoms with Crippen LogP contribution in [0, 0.1) is 0 Å². The van der Waals surface area contributed by atoms with E-state index in [0.717, 1.165) is 12.1 Å². The van der Waals surface area contributed by atoms with Crippen LogP contribution < -0.4 is 15.7 Å². The van der Waals surface area contributed by atoms with E-state index in [1.165, 1.54) is 64.2 Å². The van der Waals surface area contributed by atoms with Crippen LogP contribution in [0.1, 0.15) is 77.0 Å². The van der Waals surface area contributed by atoms with E-state index in [1.807, 2.05) is 5.32 Å². The quantitative estimate of drug-likeness (QED) is 0.587. The topological polar surface area (TPSA) is 106 Å². The molecule has 0 heterocycles. The summed E-state index contributed by atoms with van der Waals surface area (Å²) in [5.41, 5.74) is 0. The molecule has 0 radical (unpaired) electrons. The highest BCUT2D eigenvalue weighted by atomic mass is 16.4. The largest absolute Gasteiger partial charge is 0.550 e. The number of carboxylic acid groups (broad SMARTS) is 1. The zero-order valence-electron chi connectivity index (χ0n) is 14.1. The molecule has 0 aromatic carbocycles. The Hall–Kier alpha value is -1.14. The van der Waals surface area contributed by atoms with Gasteiger partial charge in [0.2, 0.25) is 5.91 Å². The molecule has 23 heavy (non-hydrogen) atoms. The summed E-state index contributed by atoms with van der Waals surface area (Å²) in [5.74, 6) is -1.76. The van der Waals surface area contributed by atoms with Gasteiger partial charge < -0.3 is 25.6 Å². The van der Waals surface area contributed by atoms with E-state index >= 15 is 0 Å². The molecule has 2 fully saturated rings. The summed E-state index contributed by atoms with van der Waals surface area (Å²) in [6.45, 7) is -0.466. The van der Waals surface area contributed by atoms with Crippen molar-refractivity contribution in [3.63, 3.8) is 0 Å². The number of nitrogens with one attached hydrogen (secondary N) is 1. The molecule has 0 bridgehead atoms. The summed E-state index contributed by atoms with van der Waals surface area (Å²) >= 11 is 0. The Morgan fingerprint density at radius 1 is 0.913 bits per heavy atom. The molecule has 2 aliphatic carbocycles. The molecular weight excluding hydrogens is 296 g/mol. The predicted molar refractivity (Wildman–Crippen MR) is 85.1 cm³/mol. The van der Waals surface area contributed by atoms with Crippen molar-refractivity contribution in [1.82, 2.24) is 5.32 Å². The van der Waals surface area contributed by atoms with E-state index in [2.05, 4.69) is 5.32 Å². The minimum absolute atomic E-state index is 0.150. The fraction of sp³-hybridized carbons (Fsp3) is 0.882. The molecular formula is C17H32N2O4. The standard InChI is InChI=1S/C12H23N.C5H9NO4/c1-3-7-11(8-4-1)13-12-9-5-2-6-10-12;7-3-6-4(8)1-2-5(9)10/h11-13H,1-10H2;7H,1-3H2,(H,6,8)(H,9,10). The van der Waals surface area contributed by atoms with E-state index < -0.39 is 18.6 Å². The van der Waals surface area contributed by atoms with Gasteiger partial charge in [0.1, 0.15) is 6.73 Å². The predicted octanol–water partition coefficient (Wildman–Crippen LogP) is -0.202. The Morgan fingerprint density at radius 3 is 1.78 bits per heavy atom. The van der Waals surface area contributed by atoms with Crippen LogP contribution in [0.25, 0.3) is 0 Å². The molecule has 0 aliphatic heterocycles.